The molecule has 0 radical (unpaired) electrons. The highest BCUT2D eigenvalue weighted by molar-refractivity contribution is 5.11. The van der Waals surface area contributed by atoms with Crippen molar-refractivity contribution >= 4 is 0 Å². The molecule has 3 aliphatic heterocycles. The summed E-state index contributed by atoms with van der Waals surface area (Å²) in [5, 5.41) is 3.89. The molecule has 0 amide bonds. The highest BCUT2D eigenvalue weighted by atomic mass is 19.1. The SMILES string of the molecule is C[C@@H]1CC2(COCCN2)C2CC3CCCC(C3F)C3CCCCC3CCCCCN21. The summed E-state index contributed by atoms with van der Waals surface area (Å²) in [6.07, 6.45) is 15.9. The monoisotopic (exact) mass is 420 g/mol. The molecule has 2 aliphatic carbocycles. The maximum Gasteiger partial charge on any atom is 0.106 e. The van der Waals surface area contributed by atoms with Gasteiger partial charge in [0.25, 0.3) is 0 Å². The van der Waals surface area contributed by atoms with Crippen LogP contribution in [-0.4, -0.2) is 55.0 Å². The smallest absolute Gasteiger partial charge is 0.106 e. The first-order valence-corrected chi connectivity index (χ1v) is 13.4. The number of ether oxygens (including phenoxy) is 1. The maximum atomic E-state index is 16.2. The molecule has 0 aromatic rings. The predicted octanol–water partition coefficient (Wildman–Crippen LogP) is 5.33. The van der Waals surface area contributed by atoms with Crippen molar-refractivity contribution in [2.24, 2.45) is 23.7 Å². The third-order valence-corrected chi connectivity index (χ3v) is 9.85. The molecule has 1 spiro atoms. The Morgan fingerprint density at radius 2 is 1.67 bits per heavy atom. The summed E-state index contributed by atoms with van der Waals surface area (Å²) < 4.78 is 22.2. The first-order chi connectivity index (χ1) is 14.7. The second-order valence-electron chi connectivity index (χ2n) is 11.5. The van der Waals surface area contributed by atoms with E-state index < -0.39 is 6.17 Å². The van der Waals surface area contributed by atoms with Crippen molar-refractivity contribution < 1.29 is 9.13 Å². The highest BCUT2D eigenvalue weighted by Gasteiger charge is 2.53. The van der Waals surface area contributed by atoms with Crippen LogP contribution in [0.5, 0.6) is 0 Å². The minimum atomic E-state index is -0.579. The van der Waals surface area contributed by atoms with Crippen molar-refractivity contribution in [3.8, 4) is 0 Å². The Kier molecular flexibility index (Phi) is 6.75. The van der Waals surface area contributed by atoms with Gasteiger partial charge in [-0.2, -0.15) is 0 Å². The number of fused-ring (bicyclic) bond motifs is 6. The van der Waals surface area contributed by atoms with Crippen LogP contribution >= 0.6 is 0 Å². The standard InChI is InChI=1S/C26H45FN2O/c1-19-17-26(18-30-15-13-28-26)24-16-21-10-7-12-23(25(21)27)22-11-5-4-9-20(22)8-3-2-6-14-29(19)24/h19-25,28H,2-18H2,1H3/t19-,20?,21?,22?,23?,24?,25?,26?/m1/s1. The molecule has 2 bridgehead atoms. The Balaban J connectivity index is 1.41. The highest BCUT2D eigenvalue weighted by Crippen LogP contribution is 2.49. The second kappa shape index (κ2) is 9.35. The third kappa shape index (κ3) is 4.10. The molecule has 172 valence electrons. The van der Waals surface area contributed by atoms with Crippen LogP contribution < -0.4 is 5.32 Å². The van der Waals surface area contributed by atoms with Crippen LogP contribution in [-0.2, 0) is 4.74 Å². The molecule has 8 atom stereocenters. The molecule has 0 aromatic heterocycles. The molecule has 7 unspecified atom stereocenters. The Hall–Kier alpha value is -0.190. The summed E-state index contributed by atoms with van der Waals surface area (Å²) in [6, 6.07) is 1.02. The van der Waals surface area contributed by atoms with Crippen LogP contribution in [0, 0.1) is 23.7 Å². The molecule has 5 fully saturated rings. The van der Waals surface area contributed by atoms with E-state index in [2.05, 4.69) is 17.1 Å². The van der Waals surface area contributed by atoms with Crippen LogP contribution in [0.3, 0.4) is 0 Å². The Morgan fingerprint density at radius 3 is 2.50 bits per heavy atom. The fourth-order valence-electron chi connectivity index (χ4n) is 8.47. The molecule has 2 saturated carbocycles. The lowest BCUT2D eigenvalue weighted by Crippen LogP contribution is -2.62. The van der Waals surface area contributed by atoms with E-state index >= 15 is 4.39 Å². The number of alkyl halides is 1. The number of nitrogens with one attached hydrogen (secondary N) is 1. The lowest BCUT2D eigenvalue weighted by molar-refractivity contribution is -0.0197. The average molecular weight is 421 g/mol. The molecule has 4 heteroatoms. The molecule has 3 heterocycles. The van der Waals surface area contributed by atoms with E-state index in [4.69, 9.17) is 4.74 Å². The summed E-state index contributed by atoms with van der Waals surface area (Å²) in [5.41, 5.74) is 0.0535. The van der Waals surface area contributed by atoms with E-state index in [9.17, 15) is 0 Å². The fraction of sp³-hybridized carbons (Fsp3) is 1.00. The molecule has 5 rings (SSSR count). The summed E-state index contributed by atoms with van der Waals surface area (Å²) in [6.45, 7) is 6.18. The fourth-order valence-corrected chi connectivity index (χ4v) is 8.47. The van der Waals surface area contributed by atoms with E-state index in [0.29, 0.717) is 23.9 Å². The maximum absolute atomic E-state index is 16.2. The van der Waals surface area contributed by atoms with Crippen LogP contribution in [0.15, 0.2) is 0 Å². The van der Waals surface area contributed by atoms with Gasteiger partial charge < -0.3 is 10.1 Å². The van der Waals surface area contributed by atoms with E-state index in [0.717, 1.165) is 51.4 Å². The van der Waals surface area contributed by atoms with Gasteiger partial charge in [0.05, 0.1) is 18.8 Å². The third-order valence-electron chi connectivity index (χ3n) is 9.85. The minimum Gasteiger partial charge on any atom is -0.378 e. The van der Waals surface area contributed by atoms with Crippen molar-refractivity contribution in [2.45, 2.75) is 114 Å². The Bertz CT molecular complexity index is 565. The number of halogens is 1. The van der Waals surface area contributed by atoms with Crippen LogP contribution in [0.25, 0.3) is 0 Å². The van der Waals surface area contributed by atoms with Gasteiger partial charge in [-0.1, -0.05) is 44.9 Å². The summed E-state index contributed by atoms with van der Waals surface area (Å²) in [5.74, 6) is 2.07. The van der Waals surface area contributed by atoms with Gasteiger partial charge in [0, 0.05) is 18.6 Å². The quantitative estimate of drug-likeness (QED) is 0.573. The first-order valence-electron chi connectivity index (χ1n) is 13.4. The lowest BCUT2D eigenvalue weighted by Gasteiger charge is -2.46. The number of hydrogen-bond donors (Lipinski definition) is 1. The first kappa shape index (κ1) is 21.6. The van der Waals surface area contributed by atoms with Crippen LogP contribution in [0.2, 0.25) is 0 Å². The normalized spacial score (nSPS) is 48.8. The number of nitrogens with zero attached hydrogens (tertiary/aromatic N) is 1. The Labute approximate surface area is 183 Å². The van der Waals surface area contributed by atoms with Gasteiger partial charge in [0.1, 0.15) is 6.17 Å². The molecule has 3 nitrogen and oxygen atoms in total. The molecule has 1 N–H and O–H groups in total. The van der Waals surface area contributed by atoms with Gasteiger partial charge in [-0.15, -0.1) is 0 Å². The van der Waals surface area contributed by atoms with Crippen molar-refractivity contribution in [3.63, 3.8) is 0 Å². The molecule has 5 aliphatic rings. The van der Waals surface area contributed by atoms with Gasteiger partial charge in [-0.05, 0) is 75.7 Å². The van der Waals surface area contributed by atoms with Crippen LogP contribution in [0.4, 0.5) is 4.39 Å². The zero-order chi connectivity index (χ0) is 20.6. The minimum absolute atomic E-state index is 0.0535. The molecule has 30 heavy (non-hydrogen) atoms. The lowest BCUT2D eigenvalue weighted by atomic mass is 9.63. The molecular formula is C26H45FN2O. The summed E-state index contributed by atoms with van der Waals surface area (Å²) >= 11 is 0. The van der Waals surface area contributed by atoms with Gasteiger partial charge in [-0.25, -0.2) is 4.39 Å². The van der Waals surface area contributed by atoms with Crippen LogP contribution in [0.1, 0.15) is 90.4 Å². The van der Waals surface area contributed by atoms with Crippen molar-refractivity contribution in [3.05, 3.63) is 0 Å². The number of rotatable bonds is 0. The van der Waals surface area contributed by atoms with Gasteiger partial charge in [0.15, 0.2) is 0 Å². The Morgan fingerprint density at radius 1 is 0.900 bits per heavy atom. The van der Waals surface area contributed by atoms with Gasteiger partial charge >= 0.3 is 0 Å². The average Bonchev–Trinajstić information content (AvgIpc) is 3.00. The van der Waals surface area contributed by atoms with Gasteiger partial charge in [-0.3, -0.25) is 4.90 Å². The van der Waals surface area contributed by atoms with Crippen molar-refractivity contribution in [1.29, 1.82) is 0 Å². The molecule has 0 aromatic carbocycles. The topological polar surface area (TPSA) is 24.5 Å². The van der Waals surface area contributed by atoms with Crippen molar-refractivity contribution in [2.75, 3.05) is 26.3 Å². The van der Waals surface area contributed by atoms with E-state index in [1.54, 1.807) is 0 Å². The zero-order valence-corrected chi connectivity index (χ0v) is 19.3. The summed E-state index contributed by atoms with van der Waals surface area (Å²) in [4.78, 5) is 2.77. The second-order valence-corrected chi connectivity index (χ2v) is 11.5. The number of morpholine rings is 1. The van der Waals surface area contributed by atoms with E-state index in [1.807, 2.05) is 0 Å². The summed E-state index contributed by atoms with van der Waals surface area (Å²) in [7, 11) is 0. The van der Waals surface area contributed by atoms with E-state index in [-0.39, 0.29) is 11.5 Å². The molecular weight excluding hydrogens is 375 g/mol. The molecule has 3 saturated heterocycles. The number of hydrogen-bond acceptors (Lipinski definition) is 3. The largest absolute Gasteiger partial charge is 0.378 e. The van der Waals surface area contributed by atoms with E-state index in [1.165, 1.54) is 64.3 Å². The predicted molar refractivity (Wildman–Crippen MR) is 120 cm³/mol. The van der Waals surface area contributed by atoms with Gasteiger partial charge in [0.2, 0.25) is 0 Å². The zero-order valence-electron chi connectivity index (χ0n) is 19.3. The van der Waals surface area contributed by atoms with Crippen molar-refractivity contribution in [1.82, 2.24) is 10.2 Å².